The Morgan fingerprint density at radius 1 is 0.833 bits per heavy atom. The van der Waals surface area contributed by atoms with E-state index in [4.69, 9.17) is 9.29 Å². The Kier molecular flexibility index (Phi) is 9.63. The topological polar surface area (TPSA) is 63.6 Å². The fourth-order valence-corrected chi connectivity index (χ4v) is 2.85. The molecule has 0 atom stereocenters. The van der Waals surface area contributed by atoms with E-state index in [0.717, 1.165) is 30.6 Å². The van der Waals surface area contributed by atoms with Gasteiger partial charge in [0.05, 0.1) is 5.75 Å². The molecule has 6 heteroatoms. The summed E-state index contributed by atoms with van der Waals surface area (Å²) in [6.45, 7) is 0.551. The second kappa shape index (κ2) is 10.9. The minimum atomic E-state index is -3.82. The van der Waals surface area contributed by atoms with Crippen LogP contribution in [0.25, 0.3) is 0 Å². The SMILES string of the molecule is O=S(=O)(O)CCCCCc1ccc(OCc2ccccc2)cc1.[NaH]. The molecular formula is C18H23NaO4S. The maximum atomic E-state index is 10.6. The number of ether oxygens (including phenoxy) is 1. The number of aryl methyl sites for hydroxylation is 1. The third kappa shape index (κ3) is 8.85. The van der Waals surface area contributed by atoms with Gasteiger partial charge in [0, 0.05) is 0 Å². The third-order valence-electron chi connectivity index (χ3n) is 3.54. The summed E-state index contributed by atoms with van der Waals surface area (Å²) in [5.74, 6) is 0.684. The van der Waals surface area contributed by atoms with Gasteiger partial charge < -0.3 is 4.74 Å². The van der Waals surface area contributed by atoms with Crippen LogP contribution < -0.4 is 4.74 Å². The van der Waals surface area contributed by atoms with Crippen molar-refractivity contribution in [3.63, 3.8) is 0 Å². The number of hydrogen-bond donors (Lipinski definition) is 1. The van der Waals surface area contributed by atoms with Gasteiger partial charge in [-0.25, -0.2) is 0 Å². The molecular weight excluding hydrogens is 335 g/mol. The molecule has 0 aliphatic heterocycles. The van der Waals surface area contributed by atoms with E-state index in [1.54, 1.807) is 0 Å². The normalized spacial score (nSPS) is 10.9. The second-order valence-corrected chi connectivity index (χ2v) is 7.09. The Hall–Kier alpha value is -0.850. The van der Waals surface area contributed by atoms with Crippen molar-refractivity contribution >= 4 is 39.7 Å². The van der Waals surface area contributed by atoms with Crippen molar-refractivity contribution in [3.8, 4) is 5.75 Å². The summed E-state index contributed by atoms with van der Waals surface area (Å²) in [6.07, 6.45) is 3.08. The van der Waals surface area contributed by atoms with Crippen LogP contribution in [0, 0.1) is 0 Å². The van der Waals surface area contributed by atoms with E-state index in [-0.39, 0.29) is 35.3 Å². The Balaban J connectivity index is 0.00000288. The molecule has 0 spiro atoms. The number of unbranched alkanes of at least 4 members (excludes halogenated alkanes) is 2. The zero-order chi connectivity index (χ0) is 16.5. The molecule has 0 bridgehead atoms. The number of benzene rings is 2. The molecule has 0 saturated carbocycles. The van der Waals surface area contributed by atoms with Crippen LogP contribution in [0.15, 0.2) is 54.6 Å². The standard InChI is InChI=1S/C18H22O4S.Na.H/c19-23(20,21)14-6-2-5-7-16-10-12-18(13-11-16)22-15-17-8-3-1-4-9-17;;/h1,3-4,8-13H,2,5-7,14-15H2,(H,19,20,21);;. The van der Waals surface area contributed by atoms with Gasteiger partial charge in [-0.2, -0.15) is 8.42 Å². The Bertz CT molecular complexity index is 685. The van der Waals surface area contributed by atoms with Gasteiger partial charge in [0.15, 0.2) is 0 Å². The third-order valence-corrected chi connectivity index (χ3v) is 4.34. The summed E-state index contributed by atoms with van der Waals surface area (Å²) in [4.78, 5) is 0. The predicted molar refractivity (Wildman–Crippen MR) is 98.3 cm³/mol. The van der Waals surface area contributed by atoms with Gasteiger partial charge in [0.1, 0.15) is 12.4 Å². The molecule has 0 aliphatic carbocycles. The van der Waals surface area contributed by atoms with E-state index in [1.807, 2.05) is 54.6 Å². The molecule has 2 rings (SSSR count). The summed E-state index contributed by atoms with van der Waals surface area (Å²) >= 11 is 0. The summed E-state index contributed by atoms with van der Waals surface area (Å²) in [6, 6.07) is 18.0. The first-order chi connectivity index (χ1) is 11.0. The van der Waals surface area contributed by atoms with E-state index < -0.39 is 10.1 Å². The van der Waals surface area contributed by atoms with E-state index in [1.165, 1.54) is 5.56 Å². The van der Waals surface area contributed by atoms with Gasteiger partial charge in [-0.05, 0) is 42.5 Å². The Labute approximate surface area is 166 Å². The van der Waals surface area contributed by atoms with Crippen molar-refractivity contribution < 1.29 is 17.7 Å². The maximum absolute atomic E-state index is 10.6. The molecule has 0 radical (unpaired) electrons. The zero-order valence-electron chi connectivity index (χ0n) is 13.0. The van der Waals surface area contributed by atoms with Crippen molar-refractivity contribution in [2.24, 2.45) is 0 Å². The van der Waals surface area contributed by atoms with Crippen molar-refractivity contribution in [2.45, 2.75) is 32.3 Å². The molecule has 4 nitrogen and oxygen atoms in total. The molecule has 0 amide bonds. The average molecular weight is 358 g/mol. The fraction of sp³-hybridized carbons (Fsp3) is 0.333. The number of hydrogen-bond acceptors (Lipinski definition) is 3. The van der Waals surface area contributed by atoms with Crippen LogP contribution in [-0.4, -0.2) is 48.3 Å². The summed E-state index contributed by atoms with van der Waals surface area (Å²) in [5.41, 5.74) is 2.33. The molecule has 0 fully saturated rings. The molecule has 0 heterocycles. The molecule has 126 valence electrons. The summed E-state index contributed by atoms with van der Waals surface area (Å²) in [7, 11) is -3.82. The van der Waals surface area contributed by atoms with Gasteiger partial charge in [-0.1, -0.05) is 48.9 Å². The van der Waals surface area contributed by atoms with Crippen LogP contribution in [0.3, 0.4) is 0 Å². The van der Waals surface area contributed by atoms with Crippen LogP contribution in [0.5, 0.6) is 5.75 Å². The molecule has 0 saturated heterocycles. The van der Waals surface area contributed by atoms with Crippen molar-refractivity contribution in [2.75, 3.05) is 5.75 Å². The molecule has 24 heavy (non-hydrogen) atoms. The van der Waals surface area contributed by atoms with E-state index in [9.17, 15) is 8.42 Å². The summed E-state index contributed by atoms with van der Waals surface area (Å²) < 4.78 is 35.6. The van der Waals surface area contributed by atoms with E-state index in [2.05, 4.69) is 0 Å². The van der Waals surface area contributed by atoms with Crippen molar-refractivity contribution in [3.05, 3.63) is 65.7 Å². The first-order valence-corrected chi connectivity index (χ1v) is 9.35. The molecule has 0 aliphatic rings. The van der Waals surface area contributed by atoms with Gasteiger partial charge in [-0.15, -0.1) is 0 Å². The quantitative estimate of drug-likeness (QED) is 0.425. The van der Waals surface area contributed by atoms with E-state index >= 15 is 0 Å². The Morgan fingerprint density at radius 3 is 2.12 bits per heavy atom. The van der Waals surface area contributed by atoms with Crippen LogP contribution in [0.1, 0.15) is 30.4 Å². The minimum absolute atomic E-state index is 0. The van der Waals surface area contributed by atoms with Crippen LogP contribution >= 0.6 is 0 Å². The van der Waals surface area contributed by atoms with Crippen LogP contribution in [0.4, 0.5) is 0 Å². The van der Waals surface area contributed by atoms with Gasteiger partial charge >= 0.3 is 29.6 Å². The molecule has 0 aromatic heterocycles. The molecule has 0 unspecified atom stereocenters. The van der Waals surface area contributed by atoms with Gasteiger partial charge in [0.25, 0.3) is 10.1 Å². The first-order valence-electron chi connectivity index (χ1n) is 7.74. The fourth-order valence-electron chi connectivity index (χ4n) is 2.28. The molecule has 2 aromatic rings. The molecule has 2 aromatic carbocycles. The second-order valence-electron chi connectivity index (χ2n) is 5.51. The molecule has 1 N–H and O–H groups in total. The first kappa shape index (κ1) is 21.2. The number of rotatable bonds is 9. The zero-order valence-corrected chi connectivity index (χ0v) is 13.8. The monoisotopic (exact) mass is 358 g/mol. The Morgan fingerprint density at radius 2 is 1.50 bits per heavy atom. The van der Waals surface area contributed by atoms with Crippen LogP contribution in [-0.2, 0) is 23.1 Å². The summed E-state index contributed by atoms with van der Waals surface area (Å²) in [5, 5.41) is 0. The van der Waals surface area contributed by atoms with Gasteiger partial charge in [0.2, 0.25) is 0 Å². The predicted octanol–water partition coefficient (Wildman–Crippen LogP) is 3.22. The van der Waals surface area contributed by atoms with Crippen molar-refractivity contribution in [1.82, 2.24) is 0 Å². The van der Waals surface area contributed by atoms with Gasteiger partial charge in [-0.3, -0.25) is 4.55 Å². The van der Waals surface area contributed by atoms with E-state index in [0.29, 0.717) is 13.0 Å². The van der Waals surface area contributed by atoms with Crippen LogP contribution in [0.2, 0.25) is 0 Å². The average Bonchev–Trinajstić information content (AvgIpc) is 2.54. The van der Waals surface area contributed by atoms with Crippen molar-refractivity contribution in [1.29, 1.82) is 0 Å².